The highest BCUT2D eigenvalue weighted by atomic mass is 32.2. The Morgan fingerprint density at radius 3 is 2.88 bits per heavy atom. The fraction of sp³-hybridized carbons (Fsp3) is 0.364. The van der Waals surface area contributed by atoms with Crippen molar-refractivity contribution >= 4 is 23.1 Å². The molecule has 0 aliphatic rings. The number of thioether (sulfide) groups is 1. The molecular formula is C11H13N3O2S. The van der Waals surface area contributed by atoms with E-state index in [0.29, 0.717) is 11.3 Å². The van der Waals surface area contributed by atoms with Crippen molar-refractivity contribution in [1.82, 2.24) is 0 Å². The Labute approximate surface area is 104 Å². The molecule has 1 unspecified atom stereocenters. The van der Waals surface area contributed by atoms with Gasteiger partial charge in [0, 0.05) is 17.9 Å². The minimum Gasteiger partial charge on any atom is -0.376 e. The molecule has 0 bridgehead atoms. The van der Waals surface area contributed by atoms with E-state index in [1.54, 1.807) is 11.8 Å². The van der Waals surface area contributed by atoms with Gasteiger partial charge in [-0.2, -0.15) is 17.0 Å². The Morgan fingerprint density at radius 2 is 2.35 bits per heavy atom. The lowest BCUT2D eigenvalue weighted by Gasteiger charge is -2.14. The van der Waals surface area contributed by atoms with E-state index in [2.05, 4.69) is 5.32 Å². The molecule has 1 rings (SSSR count). The molecule has 90 valence electrons. The van der Waals surface area contributed by atoms with E-state index in [0.717, 1.165) is 5.75 Å². The summed E-state index contributed by atoms with van der Waals surface area (Å²) in [6, 6.07) is 6.39. The lowest BCUT2D eigenvalue weighted by atomic mass is 10.1. The Bertz CT molecular complexity index is 457. The predicted octanol–water partition coefficient (Wildman–Crippen LogP) is 2.63. The molecule has 0 fully saturated rings. The van der Waals surface area contributed by atoms with Crippen molar-refractivity contribution in [2.75, 3.05) is 17.3 Å². The second-order valence-corrected chi connectivity index (χ2v) is 4.51. The minimum atomic E-state index is -0.449. The van der Waals surface area contributed by atoms with Gasteiger partial charge in [-0.3, -0.25) is 10.1 Å². The maximum absolute atomic E-state index is 10.8. The monoisotopic (exact) mass is 251 g/mol. The first kappa shape index (κ1) is 13.3. The number of anilines is 1. The first-order valence-electron chi connectivity index (χ1n) is 5.02. The van der Waals surface area contributed by atoms with Crippen LogP contribution in [0.4, 0.5) is 11.4 Å². The smallest absolute Gasteiger partial charge is 0.292 e. The third-order valence-corrected chi connectivity index (χ3v) is 2.97. The average Bonchev–Trinajstić information content (AvgIpc) is 2.28. The Morgan fingerprint density at radius 1 is 1.65 bits per heavy atom. The van der Waals surface area contributed by atoms with E-state index in [4.69, 9.17) is 5.26 Å². The van der Waals surface area contributed by atoms with Crippen LogP contribution in [0.5, 0.6) is 0 Å². The molecule has 1 aromatic rings. The number of nitro benzene ring substituents is 1. The van der Waals surface area contributed by atoms with Crippen LogP contribution < -0.4 is 5.32 Å². The van der Waals surface area contributed by atoms with Gasteiger partial charge in [-0.15, -0.1) is 0 Å². The number of nitro groups is 1. The van der Waals surface area contributed by atoms with Gasteiger partial charge in [-0.25, -0.2) is 0 Å². The van der Waals surface area contributed by atoms with Crippen LogP contribution in [0.2, 0.25) is 0 Å². The highest BCUT2D eigenvalue weighted by Gasteiger charge is 2.15. The molecule has 17 heavy (non-hydrogen) atoms. The van der Waals surface area contributed by atoms with Gasteiger partial charge in [-0.1, -0.05) is 0 Å². The molecule has 0 radical (unpaired) electrons. The van der Waals surface area contributed by atoms with E-state index in [1.165, 1.54) is 18.2 Å². The summed E-state index contributed by atoms with van der Waals surface area (Å²) < 4.78 is 0. The second kappa shape index (κ2) is 6.11. The normalized spacial score (nSPS) is 11.6. The van der Waals surface area contributed by atoms with Crippen molar-refractivity contribution in [3.8, 4) is 6.07 Å². The van der Waals surface area contributed by atoms with Gasteiger partial charge in [0.25, 0.3) is 5.69 Å². The number of nitriles is 1. The number of benzene rings is 1. The predicted molar refractivity (Wildman–Crippen MR) is 69.3 cm³/mol. The van der Waals surface area contributed by atoms with E-state index < -0.39 is 4.92 Å². The van der Waals surface area contributed by atoms with Gasteiger partial charge in [-0.05, 0) is 25.3 Å². The standard InChI is InChI=1S/C11H13N3O2S/c1-8(7-17-2)13-10-5-9(6-12)3-4-11(10)14(15)16/h3-5,8,13H,7H2,1-2H3. The summed E-state index contributed by atoms with van der Waals surface area (Å²) in [6.07, 6.45) is 1.97. The molecule has 0 saturated carbocycles. The minimum absolute atomic E-state index is 0.00282. The van der Waals surface area contributed by atoms with Gasteiger partial charge in [0.05, 0.1) is 16.6 Å². The van der Waals surface area contributed by atoms with Crippen LogP contribution in [0.1, 0.15) is 12.5 Å². The molecule has 0 aromatic heterocycles. The molecule has 0 aliphatic heterocycles. The lowest BCUT2D eigenvalue weighted by molar-refractivity contribution is -0.384. The van der Waals surface area contributed by atoms with Crippen LogP contribution in [0, 0.1) is 21.4 Å². The summed E-state index contributed by atoms with van der Waals surface area (Å²) in [5.41, 5.74) is 0.807. The third kappa shape index (κ3) is 3.64. The molecule has 0 spiro atoms. The van der Waals surface area contributed by atoms with Crippen LogP contribution in [0.25, 0.3) is 0 Å². The van der Waals surface area contributed by atoms with E-state index in [9.17, 15) is 10.1 Å². The highest BCUT2D eigenvalue weighted by molar-refractivity contribution is 7.98. The summed E-state index contributed by atoms with van der Waals surface area (Å²) in [5.74, 6) is 0.841. The van der Waals surface area contributed by atoms with Crippen LogP contribution in [-0.2, 0) is 0 Å². The van der Waals surface area contributed by atoms with Gasteiger partial charge in [0.2, 0.25) is 0 Å². The molecular weight excluding hydrogens is 238 g/mol. The van der Waals surface area contributed by atoms with Crippen molar-refractivity contribution in [2.24, 2.45) is 0 Å². The Hall–Kier alpha value is -1.74. The maximum Gasteiger partial charge on any atom is 0.292 e. The van der Waals surface area contributed by atoms with E-state index >= 15 is 0 Å². The van der Waals surface area contributed by atoms with Crippen LogP contribution >= 0.6 is 11.8 Å². The summed E-state index contributed by atoms with van der Waals surface area (Å²) in [4.78, 5) is 10.4. The van der Waals surface area contributed by atoms with Crippen LogP contribution in [0.3, 0.4) is 0 Å². The number of nitrogens with zero attached hydrogens (tertiary/aromatic N) is 2. The number of hydrogen-bond acceptors (Lipinski definition) is 5. The molecule has 5 nitrogen and oxygen atoms in total. The molecule has 1 aromatic carbocycles. The van der Waals surface area contributed by atoms with Crippen molar-refractivity contribution < 1.29 is 4.92 Å². The fourth-order valence-electron chi connectivity index (χ4n) is 1.44. The molecule has 0 amide bonds. The van der Waals surface area contributed by atoms with Crippen molar-refractivity contribution in [2.45, 2.75) is 13.0 Å². The number of nitrogens with one attached hydrogen (secondary N) is 1. The van der Waals surface area contributed by atoms with Crippen molar-refractivity contribution in [3.63, 3.8) is 0 Å². The Kier molecular flexibility index (Phi) is 4.79. The first-order chi connectivity index (χ1) is 8.08. The topological polar surface area (TPSA) is 79.0 Å². The fourth-order valence-corrected chi connectivity index (χ4v) is 2.02. The van der Waals surface area contributed by atoms with Crippen LogP contribution in [-0.4, -0.2) is 23.0 Å². The highest BCUT2D eigenvalue weighted by Crippen LogP contribution is 2.26. The lowest BCUT2D eigenvalue weighted by Crippen LogP contribution is -2.18. The summed E-state index contributed by atoms with van der Waals surface area (Å²) in [5, 5.41) is 22.7. The van der Waals surface area contributed by atoms with Gasteiger partial charge < -0.3 is 5.32 Å². The van der Waals surface area contributed by atoms with Crippen LogP contribution in [0.15, 0.2) is 18.2 Å². The van der Waals surface area contributed by atoms with E-state index in [-0.39, 0.29) is 11.7 Å². The molecule has 0 saturated heterocycles. The zero-order valence-corrected chi connectivity index (χ0v) is 10.5. The van der Waals surface area contributed by atoms with Gasteiger partial charge >= 0.3 is 0 Å². The molecule has 0 aliphatic carbocycles. The number of rotatable bonds is 5. The van der Waals surface area contributed by atoms with Crippen molar-refractivity contribution in [1.29, 1.82) is 5.26 Å². The molecule has 1 atom stereocenters. The van der Waals surface area contributed by atoms with Gasteiger partial charge in [0.1, 0.15) is 5.69 Å². The molecule has 1 N–H and O–H groups in total. The van der Waals surface area contributed by atoms with E-state index in [1.807, 2.05) is 19.2 Å². The molecule has 0 heterocycles. The zero-order valence-electron chi connectivity index (χ0n) is 9.64. The average molecular weight is 251 g/mol. The number of hydrogen-bond donors (Lipinski definition) is 1. The SMILES string of the molecule is CSCC(C)Nc1cc(C#N)ccc1[N+](=O)[O-]. The van der Waals surface area contributed by atoms with Gasteiger partial charge in [0.15, 0.2) is 0 Å². The Balaban J connectivity index is 3.01. The summed E-state index contributed by atoms with van der Waals surface area (Å²) >= 11 is 1.66. The second-order valence-electron chi connectivity index (χ2n) is 3.60. The summed E-state index contributed by atoms with van der Waals surface area (Å²) in [6.45, 7) is 1.94. The maximum atomic E-state index is 10.8. The summed E-state index contributed by atoms with van der Waals surface area (Å²) in [7, 11) is 0. The largest absolute Gasteiger partial charge is 0.376 e. The quantitative estimate of drug-likeness (QED) is 0.642. The van der Waals surface area contributed by atoms with Crippen molar-refractivity contribution in [3.05, 3.63) is 33.9 Å². The molecule has 6 heteroatoms. The zero-order chi connectivity index (χ0) is 12.8. The first-order valence-corrected chi connectivity index (χ1v) is 6.42. The third-order valence-electron chi connectivity index (χ3n) is 2.14.